The first kappa shape index (κ1) is 15.9. The van der Waals surface area contributed by atoms with Crippen molar-refractivity contribution < 1.29 is 9.53 Å². The van der Waals surface area contributed by atoms with E-state index in [1.54, 1.807) is 19.1 Å². The van der Waals surface area contributed by atoms with Crippen LogP contribution in [0.5, 0.6) is 5.75 Å². The molecule has 0 saturated carbocycles. The third-order valence-electron chi connectivity index (χ3n) is 4.17. The number of benzene rings is 2. The molecule has 2 aromatic rings. The van der Waals surface area contributed by atoms with E-state index in [0.29, 0.717) is 10.8 Å². The van der Waals surface area contributed by atoms with Crippen LogP contribution in [0.4, 0.5) is 5.69 Å². The quantitative estimate of drug-likeness (QED) is 0.835. The summed E-state index contributed by atoms with van der Waals surface area (Å²) < 4.78 is 5.83. The molecule has 0 radical (unpaired) electrons. The molecule has 0 spiro atoms. The Hall–Kier alpha value is -2.00. The molecule has 0 bridgehead atoms. The van der Waals surface area contributed by atoms with Crippen LogP contribution in [-0.4, -0.2) is 18.6 Å². The van der Waals surface area contributed by atoms with E-state index in [1.807, 2.05) is 36.1 Å². The van der Waals surface area contributed by atoms with E-state index in [4.69, 9.17) is 16.3 Å². The number of rotatable bonds is 3. The molecule has 23 heavy (non-hydrogen) atoms. The number of ether oxygens (including phenoxy) is 1. The molecule has 0 N–H and O–H groups in total. The van der Waals surface area contributed by atoms with Crippen LogP contribution in [0.2, 0.25) is 5.02 Å². The molecule has 2 aromatic carbocycles. The molecular weight excluding hydrogens is 310 g/mol. The number of fused-ring (bicyclic) bond motifs is 1. The Bertz CT molecular complexity index is 729. The van der Waals surface area contributed by atoms with Gasteiger partial charge in [-0.3, -0.25) is 4.79 Å². The Morgan fingerprint density at radius 3 is 2.83 bits per heavy atom. The summed E-state index contributed by atoms with van der Waals surface area (Å²) in [6, 6.07) is 13.5. The summed E-state index contributed by atoms with van der Waals surface area (Å²) in [4.78, 5) is 14.6. The zero-order chi connectivity index (χ0) is 16.4. The molecule has 0 aliphatic carbocycles. The second kappa shape index (κ2) is 6.63. The van der Waals surface area contributed by atoms with Crippen molar-refractivity contribution in [2.45, 2.75) is 32.8 Å². The van der Waals surface area contributed by atoms with Gasteiger partial charge in [-0.1, -0.05) is 29.8 Å². The number of hydrogen-bond donors (Lipinski definition) is 0. The third-order valence-corrected chi connectivity index (χ3v) is 4.59. The molecule has 1 amide bonds. The van der Waals surface area contributed by atoms with Crippen LogP contribution < -0.4 is 9.64 Å². The summed E-state index contributed by atoms with van der Waals surface area (Å²) in [5.74, 6) is 0.655. The molecular formula is C19H20ClNO2. The lowest BCUT2D eigenvalue weighted by molar-refractivity contribution is -0.124. The van der Waals surface area contributed by atoms with E-state index < -0.39 is 6.10 Å². The first-order valence-corrected chi connectivity index (χ1v) is 8.26. The number of carbonyl (C=O) groups is 1. The second-order valence-electron chi connectivity index (χ2n) is 5.89. The Balaban J connectivity index is 1.76. The van der Waals surface area contributed by atoms with Gasteiger partial charge in [0.15, 0.2) is 6.10 Å². The van der Waals surface area contributed by atoms with Gasteiger partial charge in [0.25, 0.3) is 5.91 Å². The summed E-state index contributed by atoms with van der Waals surface area (Å²) in [6.07, 6.45) is 1.46. The lowest BCUT2D eigenvalue weighted by Crippen LogP contribution is -2.43. The highest BCUT2D eigenvalue weighted by molar-refractivity contribution is 6.31. The number of amides is 1. The number of aryl methyl sites for hydroxylation is 2. The fourth-order valence-corrected chi connectivity index (χ4v) is 3.04. The number of nitrogens with zero attached hydrogens (tertiary/aromatic N) is 1. The molecule has 120 valence electrons. The predicted molar refractivity (Wildman–Crippen MR) is 93.4 cm³/mol. The van der Waals surface area contributed by atoms with E-state index in [2.05, 4.69) is 6.07 Å². The summed E-state index contributed by atoms with van der Waals surface area (Å²) in [6.45, 7) is 4.45. The van der Waals surface area contributed by atoms with Gasteiger partial charge in [0.1, 0.15) is 5.75 Å². The average Bonchev–Trinajstić information content (AvgIpc) is 2.57. The molecule has 0 aromatic heterocycles. The minimum absolute atomic E-state index is 0.00949. The molecule has 0 saturated heterocycles. The Morgan fingerprint density at radius 2 is 2.04 bits per heavy atom. The van der Waals surface area contributed by atoms with Crippen molar-refractivity contribution in [1.29, 1.82) is 0 Å². The topological polar surface area (TPSA) is 29.5 Å². The van der Waals surface area contributed by atoms with Crippen molar-refractivity contribution in [2.24, 2.45) is 0 Å². The van der Waals surface area contributed by atoms with Gasteiger partial charge in [-0.15, -0.1) is 0 Å². The minimum Gasteiger partial charge on any atom is -0.481 e. The zero-order valence-electron chi connectivity index (χ0n) is 13.4. The number of anilines is 1. The number of para-hydroxylation sites is 1. The summed E-state index contributed by atoms with van der Waals surface area (Å²) in [5.41, 5.74) is 3.17. The normalized spacial score (nSPS) is 15.0. The zero-order valence-corrected chi connectivity index (χ0v) is 14.1. The Morgan fingerprint density at radius 1 is 1.26 bits per heavy atom. The molecule has 3 nitrogen and oxygen atoms in total. The molecule has 1 aliphatic heterocycles. The first-order chi connectivity index (χ1) is 11.1. The maximum absolute atomic E-state index is 12.8. The van der Waals surface area contributed by atoms with Crippen molar-refractivity contribution >= 4 is 23.2 Å². The lowest BCUT2D eigenvalue weighted by Gasteiger charge is -2.31. The summed E-state index contributed by atoms with van der Waals surface area (Å²) in [7, 11) is 0. The van der Waals surface area contributed by atoms with E-state index in [-0.39, 0.29) is 5.91 Å². The van der Waals surface area contributed by atoms with Crippen LogP contribution in [0, 0.1) is 6.92 Å². The van der Waals surface area contributed by atoms with Gasteiger partial charge >= 0.3 is 0 Å². The first-order valence-electron chi connectivity index (χ1n) is 7.88. The molecule has 1 atom stereocenters. The fraction of sp³-hybridized carbons (Fsp3) is 0.316. The fourth-order valence-electron chi connectivity index (χ4n) is 2.93. The van der Waals surface area contributed by atoms with Crippen LogP contribution in [0.3, 0.4) is 0 Å². The number of carbonyl (C=O) groups excluding carboxylic acids is 1. The average molecular weight is 330 g/mol. The third kappa shape index (κ3) is 3.35. The van der Waals surface area contributed by atoms with Crippen molar-refractivity contribution in [3.63, 3.8) is 0 Å². The van der Waals surface area contributed by atoms with Crippen molar-refractivity contribution in [3.05, 3.63) is 58.6 Å². The summed E-state index contributed by atoms with van der Waals surface area (Å²) in [5, 5.41) is 0.696. The van der Waals surface area contributed by atoms with Crippen molar-refractivity contribution in [3.8, 4) is 5.75 Å². The minimum atomic E-state index is -0.540. The van der Waals surface area contributed by atoms with Crippen LogP contribution >= 0.6 is 11.6 Å². The predicted octanol–water partition coefficient (Wildman–Crippen LogP) is 4.40. The van der Waals surface area contributed by atoms with E-state index in [9.17, 15) is 4.79 Å². The maximum Gasteiger partial charge on any atom is 0.267 e. The highest BCUT2D eigenvalue weighted by atomic mass is 35.5. The highest BCUT2D eigenvalue weighted by Gasteiger charge is 2.27. The summed E-state index contributed by atoms with van der Waals surface area (Å²) >= 11 is 6.03. The molecule has 4 heteroatoms. The SMILES string of the molecule is Cc1cc(O[C@H](C)C(=O)N2CCCc3ccccc32)ccc1Cl. The van der Waals surface area contributed by atoms with Gasteiger partial charge in [0, 0.05) is 17.3 Å². The van der Waals surface area contributed by atoms with Crippen LogP contribution in [0.1, 0.15) is 24.5 Å². The number of halogens is 1. The van der Waals surface area contributed by atoms with Gasteiger partial charge in [-0.25, -0.2) is 0 Å². The Labute approximate surface area is 141 Å². The van der Waals surface area contributed by atoms with Gasteiger partial charge in [-0.2, -0.15) is 0 Å². The van der Waals surface area contributed by atoms with Gasteiger partial charge in [0.05, 0.1) is 0 Å². The van der Waals surface area contributed by atoms with E-state index in [1.165, 1.54) is 5.56 Å². The van der Waals surface area contributed by atoms with Crippen LogP contribution in [0.25, 0.3) is 0 Å². The van der Waals surface area contributed by atoms with Gasteiger partial charge in [0.2, 0.25) is 0 Å². The van der Waals surface area contributed by atoms with E-state index in [0.717, 1.165) is 30.6 Å². The monoisotopic (exact) mass is 329 g/mol. The van der Waals surface area contributed by atoms with Gasteiger partial charge in [-0.05, 0) is 62.1 Å². The van der Waals surface area contributed by atoms with Crippen LogP contribution in [0.15, 0.2) is 42.5 Å². The van der Waals surface area contributed by atoms with Crippen LogP contribution in [-0.2, 0) is 11.2 Å². The second-order valence-corrected chi connectivity index (χ2v) is 6.30. The largest absolute Gasteiger partial charge is 0.481 e. The molecule has 0 unspecified atom stereocenters. The molecule has 0 fully saturated rings. The Kier molecular flexibility index (Phi) is 4.58. The molecule has 1 aliphatic rings. The molecule has 1 heterocycles. The smallest absolute Gasteiger partial charge is 0.267 e. The molecule has 3 rings (SSSR count). The lowest BCUT2D eigenvalue weighted by atomic mass is 10.0. The van der Waals surface area contributed by atoms with E-state index >= 15 is 0 Å². The maximum atomic E-state index is 12.8. The standard InChI is InChI=1S/C19H20ClNO2/c1-13-12-16(9-10-17(13)20)23-14(2)19(22)21-11-5-7-15-6-3-4-8-18(15)21/h3-4,6,8-10,12,14H,5,7,11H2,1-2H3/t14-/m1/s1. The number of hydrogen-bond acceptors (Lipinski definition) is 2. The van der Waals surface area contributed by atoms with Crippen molar-refractivity contribution in [1.82, 2.24) is 0 Å². The highest BCUT2D eigenvalue weighted by Crippen LogP contribution is 2.28. The van der Waals surface area contributed by atoms with Crippen molar-refractivity contribution in [2.75, 3.05) is 11.4 Å². The van der Waals surface area contributed by atoms with Gasteiger partial charge < -0.3 is 9.64 Å².